The molecule has 0 aromatic heterocycles. The molecule has 0 radical (unpaired) electrons. The van der Waals surface area contributed by atoms with Gasteiger partial charge in [-0.2, -0.15) is 0 Å². The second kappa shape index (κ2) is 4.34. The van der Waals surface area contributed by atoms with Crippen LogP contribution in [0.15, 0.2) is 47.1 Å². The van der Waals surface area contributed by atoms with Crippen LogP contribution in [0.5, 0.6) is 0 Å². The largest absolute Gasteiger partial charge is 0.0911 e. The van der Waals surface area contributed by atoms with E-state index in [1.165, 1.54) is 5.56 Å². The molecule has 0 unspecified atom stereocenters. The molecule has 0 heterocycles. The summed E-state index contributed by atoms with van der Waals surface area (Å²) < 4.78 is 1.97. The molecular weight excluding hydrogens is 247 g/mol. The first-order valence-corrected chi connectivity index (χ1v) is 4.60. The lowest BCUT2D eigenvalue weighted by atomic mass is 10.1. The van der Waals surface area contributed by atoms with Crippen molar-refractivity contribution >= 4 is 28.2 Å². The van der Waals surface area contributed by atoms with Gasteiger partial charge in [-0.1, -0.05) is 59.5 Å². The summed E-state index contributed by atoms with van der Waals surface area (Å²) in [7, 11) is 0. The van der Waals surface area contributed by atoms with Gasteiger partial charge in [0.05, 0.1) is 0 Å². The van der Waals surface area contributed by atoms with E-state index in [4.69, 9.17) is 0 Å². The van der Waals surface area contributed by atoms with E-state index in [0.29, 0.717) is 0 Å². The minimum atomic E-state index is 1.06. The molecule has 0 N–H and O–H groups in total. The van der Waals surface area contributed by atoms with E-state index < -0.39 is 0 Å². The Hall–Kier alpha value is -0.570. The summed E-state index contributed by atoms with van der Waals surface area (Å²) in [4.78, 5) is 0. The van der Waals surface area contributed by atoms with Crippen LogP contribution in [0.25, 0.3) is 5.57 Å². The Balaban J connectivity index is 2.86. The number of hydrogen-bond acceptors (Lipinski definition) is 0. The summed E-state index contributed by atoms with van der Waals surface area (Å²) in [6.07, 6.45) is 2.00. The summed E-state index contributed by atoms with van der Waals surface area (Å²) in [6.45, 7) is 3.92. The van der Waals surface area contributed by atoms with Gasteiger partial charge in [-0.15, -0.1) is 0 Å². The van der Waals surface area contributed by atoms with Crippen molar-refractivity contribution in [2.24, 2.45) is 0 Å². The minimum Gasteiger partial charge on any atom is -0.0911 e. The zero-order chi connectivity index (χ0) is 8.10. The number of hydrogen-bond donors (Lipinski definition) is 0. The molecular formula is C10H9I. The van der Waals surface area contributed by atoms with Crippen molar-refractivity contribution < 1.29 is 0 Å². The quantitative estimate of drug-likeness (QED) is 0.559. The van der Waals surface area contributed by atoms with Gasteiger partial charge >= 0.3 is 0 Å². The highest BCUT2D eigenvalue weighted by atomic mass is 127. The molecule has 0 nitrogen and oxygen atoms in total. The Kier molecular flexibility index (Phi) is 3.36. The fraction of sp³-hybridized carbons (Fsp3) is 0. The van der Waals surface area contributed by atoms with E-state index in [9.17, 15) is 0 Å². The zero-order valence-corrected chi connectivity index (χ0v) is 8.28. The Labute approximate surface area is 80.8 Å². The third-order valence-electron chi connectivity index (χ3n) is 1.41. The molecule has 0 fully saturated rings. The van der Waals surface area contributed by atoms with E-state index in [1.807, 2.05) is 28.4 Å². The summed E-state index contributed by atoms with van der Waals surface area (Å²) >= 11 is 2.19. The highest BCUT2D eigenvalue weighted by molar-refractivity contribution is 14.1. The van der Waals surface area contributed by atoms with Crippen molar-refractivity contribution in [1.82, 2.24) is 0 Å². The average molecular weight is 256 g/mol. The van der Waals surface area contributed by atoms with Gasteiger partial charge < -0.3 is 0 Å². The third kappa shape index (κ3) is 2.50. The average Bonchev–Trinajstić information content (AvgIpc) is 2.07. The van der Waals surface area contributed by atoms with Crippen LogP contribution < -0.4 is 0 Å². The number of allylic oxidation sites excluding steroid dienone is 2. The van der Waals surface area contributed by atoms with Crippen molar-refractivity contribution in [3.8, 4) is 0 Å². The lowest BCUT2D eigenvalue weighted by Gasteiger charge is -1.97. The van der Waals surface area contributed by atoms with Crippen LogP contribution in [0.2, 0.25) is 0 Å². The van der Waals surface area contributed by atoms with Gasteiger partial charge in [0.25, 0.3) is 0 Å². The first-order valence-electron chi connectivity index (χ1n) is 3.35. The third-order valence-corrected chi connectivity index (χ3v) is 1.77. The van der Waals surface area contributed by atoms with E-state index in [1.54, 1.807) is 0 Å². The molecule has 0 amide bonds. The Morgan fingerprint density at radius 2 is 1.91 bits per heavy atom. The van der Waals surface area contributed by atoms with Crippen LogP contribution in [0.1, 0.15) is 5.56 Å². The van der Waals surface area contributed by atoms with Gasteiger partial charge in [0.1, 0.15) is 0 Å². The van der Waals surface area contributed by atoms with Gasteiger partial charge in [-0.05, 0) is 21.3 Å². The number of halogens is 1. The molecule has 0 saturated heterocycles. The molecule has 0 aliphatic rings. The second-order valence-corrected chi connectivity index (χ2v) is 2.90. The fourth-order valence-corrected chi connectivity index (χ4v) is 1.26. The van der Waals surface area contributed by atoms with Gasteiger partial charge in [-0.25, -0.2) is 0 Å². The first kappa shape index (κ1) is 8.53. The lowest BCUT2D eigenvalue weighted by molar-refractivity contribution is 1.63. The molecule has 1 aromatic carbocycles. The van der Waals surface area contributed by atoms with Crippen molar-refractivity contribution in [1.29, 1.82) is 0 Å². The fourth-order valence-electron chi connectivity index (χ4n) is 0.824. The normalized spacial score (nSPS) is 10.3. The van der Waals surface area contributed by atoms with E-state index in [-0.39, 0.29) is 0 Å². The van der Waals surface area contributed by atoms with Crippen molar-refractivity contribution in [3.63, 3.8) is 0 Å². The molecule has 0 saturated carbocycles. The second-order valence-electron chi connectivity index (χ2n) is 2.18. The molecule has 56 valence electrons. The lowest BCUT2D eigenvalue weighted by Crippen LogP contribution is -1.75. The Morgan fingerprint density at radius 1 is 1.27 bits per heavy atom. The first-order chi connectivity index (χ1) is 5.34. The minimum absolute atomic E-state index is 1.06. The van der Waals surface area contributed by atoms with Gasteiger partial charge in [0, 0.05) is 0 Å². The Bertz CT molecular complexity index is 259. The summed E-state index contributed by atoms with van der Waals surface area (Å²) in [5, 5.41) is 0. The summed E-state index contributed by atoms with van der Waals surface area (Å²) in [5.74, 6) is 0. The molecule has 1 heteroatoms. The molecule has 1 rings (SSSR count). The maximum atomic E-state index is 3.92. The SMILES string of the molecule is C=C(/C=C/I)c1ccccc1. The Morgan fingerprint density at radius 3 is 2.45 bits per heavy atom. The van der Waals surface area contributed by atoms with Crippen LogP contribution in [0.4, 0.5) is 0 Å². The molecule has 0 spiro atoms. The maximum absolute atomic E-state index is 3.92. The van der Waals surface area contributed by atoms with E-state index in [0.717, 1.165) is 5.57 Å². The monoisotopic (exact) mass is 256 g/mol. The van der Waals surface area contributed by atoms with Crippen LogP contribution in [-0.2, 0) is 0 Å². The molecule has 1 aromatic rings. The van der Waals surface area contributed by atoms with Gasteiger partial charge in [-0.3, -0.25) is 0 Å². The maximum Gasteiger partial charge on any atom is -0.0190 e. The predicted octanol–water partition coefficient (Wildman–Crippen LogP) is 3.65. The number of benzene rings is 1. The van der Waals surface area contributed by atoms with Gasteiger partial charge in [0.2, 0.25) is 0 Å². The van der Waals surface area contributed by atoms with Crippen molar-refractivity contribution in [2.45, 2.75) is 0 Å². The van der Waals surface area contributed by atoms with Crippen molar-refractivity contribution in [2.75, 3.05) is 0 Å². The molecule has 0 aliphatic heterocycles. The number of rotatable bonds is 2. The van der Waals surface area contributed by atoms with Crippen LogP contribution in [0.3, 0.4) is 0 Å². The molecule has 11 heavy (non-hydrogen) atoms. The van der Waals surface area contributed by atoms with E-state index >= 15 is 0 Å². The molecule has 0 aliphatic carbocycles. The highest BCUT2D eigenvalue weighted by Gasteiger charge is 1.90. The highest BCUT2D eigenvalue weighted by Crippen LogP contribution is 2.12. The van der Waals surface area contributed by atoms with Crippen LogP contribution in [0, 0.1) is 0 Å². The van der Waals surface area contributed by atoms with E-state index in [2.05, 4.69) is 41.3 Å². The molecule has 0 bridgehead atoms. The van der Waals surface area contributed by atoms with Crippen LogP contribution >= 0.6 is 22.6 Å². The van der Waals surface area contributed by atoms with Crippen LogP contribution in [-0.4, -0.2) is 0 Å². The summed E-state index contributed by atoms with van der Waals surface area (Å²) in [6, 6.07) is 10.1. The predicted molar refractivity (Wildman–Crippen MR) is 58.6 cm³/mol. The van der Waals surface area contributed by atoms with Crippen molar-refractivity contribution in [3.05, 3.63) is 52.6 Å². The smallest absolute Gasteiger partial charge is 0.0190 e. The summed E-state index contributed by atoms with van der Waals surface area (Å²) in [5.41, 5.74) is 2.24. The van der Waals surface area contributed by atoms with Gasteiger partial charge in [0.15, 0.2) is 0 Å². The topological polar surface area (TPSA) is 0 Å². The standard InChI is InChI=1S/C10H9I/c1-9(7-8-11)10-5-3-2-4-6-10/h2-8H,1H2/b8-7+. The molecule has 0 atom stereocenters. The zero-order valence-electron chi connectivity index (χ0n) is 6.13.